The maximum atomic E-state index is 11.8. The number of amides is 1. The maximum absolute atomic E-state index is 11.8. The molecule has 0 radical (unpaired) electrons. The highest BCUT2D eigenvalue weighted by atomic mass is 16.5. The zero-order chi connectivity index (χ0) is 15.5. The van der Waals surface area contributed by atoms with Gasteiger partial charge in [-0.3, -0.25) is 10.0 Å². The van der Waals surface area contributed by atoms with Crippen molar-refractivity contribution < 1.29 is 19.5 Å². The minimum Gasteiger partial charge on any atom is -0.492 e. The van der Waals surface area contributed by atoms with Gasteiger partial charge in [0.05, 0.1) is 5.92 Å². The summed E-state index contributed by atoms with van der Waals surface area (Å²) in [6.07, 6.45) is 0.519. The molecular formula is C17H17NO4. The number of hydrogen-bond acceptors (Lipinski definition) is 4. The van der Waals surface area contributed by atoms with Crippen LogP contribution in [0.1, 0.15) is 5.56 Å². The van der Waals surface area contributed by atoms with Gasteiger partial charge < -0.3 is 9.47 Å². The van der Waals surface area contributed by atoms with Crippen molar-refractivity contribution in [1.29, 1.82) is 0 Å². The lowest BCUT2D eigenvalue weighted by Gasteiger charge is -2.26. The molecule has 5 heteroatoms. The smallest absolute Gasteiger partial charge is 0.252 e. The van der Waals surface area contributed by atoms with Gasteiger partial charge in [-0.05, 0) is 42.3 Å². The molecular weight excluding hydrogens is 282 g/mol. The fraction of sp³-hybridized carbons (Fsp3) is 0.235. The monoisotopic (exact) mass is 299 g/mol. The molecule has 1 N–H and O–H groups in total. The summed E-state index contributed by atoms with van der Waals surface area (Å²) in [5.41, 5.74) is 0.903. The summed E-state index contributed by atoms with van der Waals surface area (Å²) in [5, 5.41) is 9.89. The number of carbonyl (C=O) groups excluding carboxylic acids is 1. The Morgan fingerprint density at radius 2 is 2.00 bits per heavy atom. The lowest BCUT2D eigenvalue weighted by molar-refractivity contribution is -0.165. The Bertz CT molecular complexity index is 670. The molecule has 1 aliphatic heterocycles. The number of hydroxylamine groups is 2. The third kappa shape index (κ3) is 3.04. The zero-order valence-electron chi connectivity index (χ0n) is 12.2. The Kier molecular flexibility index (Phi) is 3.98. The first-order valence-electron chi connectivity index (χ1n) is 7.08. The Morgan fingerprint density at radius 1 is 1.23 bits per heavy atom. The summed E-state index contributed by atoms with van der Waals surface area (Å²) >= 11 is 0. The van der Waals surface area contributed by atoms with Gasteiger partial charge >= 0.3 is 0 Å². The van der Waals surface area contributed by atoms with Gasteiger partial charge in [0, 0.05) is 7.05 Å². The number of carbonyl (C=O) groups is 1. The average molecular weight is 299 g/mol. The number of nitrogens with zero attached hydrogens (tertiary/aromatic N) is 1. The minimum absolute atomic E-state index is 0.273. The van der Waals surface area contributed by atoms with E-state index in [-0.39, 0.29) is 18.4 Å². The van der Waals surface area contributed by atoms with Crippen LogP contribution in [0.2, 0.25) is 0 Å². The second kappa shape index (κ2) is 6.07. The SMILES string of the molecule is CN(O)C(=O)C1COc2ccc(Oc3ccccc3)cc2C1. The van der Waals surface area contributed by atoms with E-state index in [1.165, 1.54) is 7.05 Å². The van der Waals surface area contributed by atoms with Gasteiger partial charge in [-0.2, -0.15) is 0 Å². The highest BCUT2D eigenvalue weighted by Gasteiger charge is 2.28. The van der Waals surface area contributed by atoms with Crippen LogP contribution in [0, 0.1) is 5.92 Å². The van der Waals surface area contributed by atoms with E-state index < -0.39 is 0 Å². The molecule has 0 saturated carbocycles. The van der Waals surface area contributed by atoms with Crippen LogP contribution in [0.25, 0.3) is 0 Å². The van der Waals surface area contributed by atoms with Crippen LogP contribution in [-0.2, 0) is 11.2 Å². The summed E-state index contributed by atoms with van der Waals surface area (Å²) in [7, 11) is 1.33. The van der Waals surface area contributed by atoms with Gasteiger partial charge in [-0.15, -0.1) is 0 Å². The van der Waals surface area contributed by atoms with Crippen molar-refractivity contribution in [3.63, 3.8) is 0 Å². The number of hydrogen-bond donors (Lipinski definition) is 1. The van der Waals surface area contributed by atoms with Gasteiger partial charge in [0.2, 0.25) is 0 Å². The third-order valence-electron chi connectivity index (χ3n) is 3.59. The topological polar surface area (TPSA) is 59.0 Å². The second-order valence-corrected chi connectivity index (χ2v) is 5.26. The van der Waals surface area contributed by atoms with Crippen LogP contribution >= 0.6 is 0 Å². The predicted octanol–water partition coefficient (Wildman–Crippen LogP) is 2.88. The Labute approximate surface area is 128 Å². The highest BCUT2D eigenvalue weighted by molar-refractivity contribution is 5.78. The first-order valence-corrected chi connectivity index (χ1v) is 7.08. The van der Waals surface area contributed by atoms with Gasteiger partial charge in [0.1, 0.15) is 23.9 Å². The molecule has 114 valence electrons. The van der Waals surface area contributed by atoms with Crippen LogP contribution in [0.4, 0.5) is 0 Å². The first-order chi connectivity index (χ1) is 10.6. The van der Waals surface area contributed by atoms with E-state index in [1.807, 2.05) is 48.5 Å². The summed E-state index contributed by atoms with van der Waals surface area (Å²) in [5.74, 6) is 1.47. The van der Waals surface area contributed by atoms with Gasteiger partial charge in [0.15, 0.2) is 0 Å². The Balaban J connectivity index is 1.78. The molecule has 1 unspecified atom stereocenters. The molecule has 1 amide bonds. The summed E-state index contributed by atoms with van der Waals surface area (Å²) in [6, 6.07) is 15.1. The number of ether oxygens (including phenoxy) is 2. The van der Waals surface area contributed by atoms with Crippen LogP contribution in [0.3, 0.4) is 0 Å². The van der Waals surface area contributed by atoms with E-state index in [1.54, 1.807) is 0 Å². The largest absolute Gasteiger partial charge is 0.492 e. The quantitative estimate of drug-likeness (QED) is 0.699. The third-order valence-corrected chi connectivity index (χ3v) is 3.59. The van der Waals surface area contributed by atoms with Crippen molar-refractivity contribution in [2.75, 3.05) is 13.7 Å². The van der Waals surface area contributed by atoms with Crippen molar-refractivity contribution >= 4 is 5.91 Å². The molecule has 1 heterocycles. The van der Waals surface area contributed by atoms with Gasteiger partial charge in [0.25, 0.3) is 5.91 Å². The number of fused-ring (bicyclic) bond motifs is 1. The molecule has 2 aromatic rings. The molecule has 3 rings (SSSR count). The molecule has 0 aliphatic carbocycles. The van der Waals surface area contributed by atoms with Crippen molar-refractivity contribution in [3.05, 3.63) is 54.1 Å². The van der Waals surface area contributed by atoms with Crippen LogP contribution in [0.15, 0.2) is 48.5 Å². The van der Waals surface area contributed by atoms with Gasteiger partial charge in [-0.25, -0.2) is 5.06 Å². The molecule has 0 fully saturated rings. The lowest BCUT2D eigenvalue weighted by Crippen LogP contribution is -2.36. The Morgan fingerprint density at radius 3 is 2.73 bits per heavy atom. The average Bonchev–Trinajstić information content (AvgIpc) is 2.54. The van der Waals surface area contributed by atoms with Crippen molar-refractivity contribution in [3.8, 4) is 17.2 Å². The maximum Gasteiger partial charge on any atom is 0.252 e. The van der Waals surface area contributed by atoms with E-state index in [2.05, 4.69) is 0 Å². The van der Waals surface area contributed by atoms with Crippen LogP contribution in [-0.4, -0.2) is 29.8 Å². The second-order valence-electron chi connectivity index (χ2n) is 5.26. The predicted molar refractivity (Wildman–Crippen MR) is 80.2 cm³/mol. The number of benzene rings is 2. The molecule has 2 aromatic carbocycles. The van der Waals surface area contributed by atoms with Gasteiger partial charge in [-0.1, -0.05) is 18.2 Å². The van der Waals surface area contributed by atoms with Crippen molar-refractivity contribution in [2.45, 2.75) is 6.42 Å². The van der Waals surface area contributed by atoms with Crippen molar-refractivity contribution in [2.24, 2.45) is 5.92 Å². The summed E-state index contributed by atoms with van der Waals surface area (Å²) in [4.78, 5) is 11.8. The van der Waals surface area contributed by atoms with E-state index >= 15 is 0 Å². The van der Waals surface area contributed by atoms with Crippen molar-refractivity contribution in [1.82, 2.24) is 5.06 Å². The molecule has 0 saturated heterocycles. The molecule has 1 aliphatic rings. The number of para-hydroxylation sites is 1. The fourth-order valence-electron chi connectivity index (χ4n) is 2.48. The van der Waals surface area contributed by atoms with Crippen LogP contribution < -0.4 is 9.47 Å². The first kappa shape index (κ1) is 14.4. The molecule has 0 spiro atoms. The zero-order valence-corrected chi connectivity index (χ0v) is 12.2. The highest BCUT2D eigenvalue weighted by Crippen LogP contribution is 2.32. The molecule has 22 heavy (non-hydrogen) atoms. The Hall–Kier alpha value is -2.53. The summed E-state index contributed by atoms with van der Waals surface area (Å²) in [6.45, 7) is 0.273. The molecule has 0 bridgehead atoms. The summed E-state index contributed by atoms with van der Waals surface area (Å²) < 4.78 is 11.4. The minimum atomic E-state index is -0.380. The lowest BCUT2D eigenvalue weighted by atomic mass is 9.96. The van der Waals surface area contributed by atoms with E-state index in [9.17, 15) is 10.0 Å². The van der Waals surface area contributed by atoms with Crippen LogP contribution in [0.5, 0.6) is 17.2 Å². The standard InChI is InChI=1S/C17H17NO4/c1-18(20)17(19)13-9-12-10-15(7-8-16(12)21-11-13)22-14-5-3-2-4-6-14/h2-8,10,13,20H,9,11H2,1H3. The molecule has 1 atom stereocenters. The van der Waals surface area contributed by atoms with E-state index in [0.29, 0.717) is 17.2 Å². The number of rotatable bonds is 3. The molecule has 5 nitrogen and oxygen atoms in total. The van der Waals surface area contributed by atoms with E-state index in [0.717, 1.165) is 17.1 Å². The normalized spacial score (nSPS) is 16.4. The fourth-order valence-corrected chi connectivity index (χ4v) is 2.48. The molecule has 0 aromatic heterocycles. The van der Waals surface area contributed by atoms with E-state index in [4.69, 9.17) is 9.47 Å².